The van der Waals surface area contributed by atoms with Crippen molar-refractivity contribution in [3.63, 3.8) is 0 Å². The van der Waals surface area contributed by atoms with Crippen molar-refractivity contribution in [2.24, 2.45) is 0 Å². The summed E-state index contributed by atoms with van der Waals surface area (Å²) in [6.07, 6.45) is 7.84. The fourth-order valence-corrected chi connectivity index (χ4v) is 1.95. The van der Waals surface area contributed by atoms with Crippen LogP contribution < -0.4 is 0 Å². The van der Waals surface area contributed by atoms with Gasteiger partial charge in [0.1, 0.15) is 0 Å². The van der Waals surface area contributed by atoms with Gasteiger partial charge < -0.3 is 5.11 Å². The first kappa shape index (κ1) is 9.90. The van der Waals surface area contributed by atoms with Crippen molar-refractivity contribution in [2.45, 2.75) is 25.2 Å². The monoisotopic (exact) mass is 203 g/mol. The zero-order valence-corrected chi connectivity index (χ0v) is 8.39. The number of carboxylic acids is 1. The minimum atomic E-state index is -0.778. The van der Waals surface area contributed by atoms with Crippen LogP contribution in [0.1, 0.15) is 30.7 Å². The van der Waals surface area contributed by atoms with E-state index in [1.165, 1.54) is 5.56 Å². The van der Waals surface area contributed by atoms with E-state index >= 15 is 0 Å². The lowest BCUT2D eigenvalue weighted by atomic mass is 9.85. The fourth-order valence-electron chi connectivity index (χ4n) is 1.95. The van der Waals surface area contributed by atoms with Gasteiger partial charge in [-0.3, -0.25) is 4.98 Å². The van der Waals surface area contributed by atoms with Crippen LogP contribution in [0.5, 0.6) is 0 Å². The van der Waals surface area contributed by atoms with E-state index in [-0.39, 0.29) is 0 Å². The van der Waals surface area contributed by atoms with Crippen LogP contribution in [0.2, 0.25) is 0 Å². The molecule has 78 valence electrons. The molecule has 0 radical (unpaired) electrons. The summed E-state index contributed by atoms with van der Waals surface area (Å²) >= 11 is 0. The molecule has 2 rings (SSSR count). The number of hydrogen-bond donors (Lipinski definition) is 1. The number of allylic oxidation sites excluding steroid dienone is 1. The maximum Gasteiger partial charge on any atom is 0.331 e. The van der Waals surface area contributed by atoms with Crippen molar-refractivity contribution in [1.29, 1.82) is 0 Å². The Morgan fingerprint density at radius 2 is 2.40 bits per heavy atom. The lowest BCUT2D eigenvalue weighted by Gasteiger charge is -2.20. The minimum Gasteiger partial charge on any atom is -0.478 e. The van der Waals surface area contributed by atoms with Crippen molar-refractivity contribution in [3.05, 3.63) is 41.7 Å². The Labute approximate surface area is 88.5 Å². The van der Waals surface area contributed by atoms with Gasteiger partial charge in [-0.15, -0.1) is 0 Å². The van der Waals surface area contributed by atoms with Gasteiger partial charge in [-0.1, -0.05) is 12.1 Å². The Kier molecular flexibility index (Phi) is 2.81. The first-order valence-electron chi connectivity index (χ1n) is 5.09. The van der Waals surface area contributed by atoms with Crippen LogP contribution in [0.15, 0.2) is 36.2 Å². The summed E-state index contributed by atoms with van der Waals surface area (Å²) in [5.74, 6) is -0.346. The highest BCUT2D eigenvalue weighted by atomic mass is 16.4. The van der Waals surface area contributed by atoms with Crippen molar-refractivity contribution >= 4 is 5.97 Å². The quantitative estimate of drug-likeness (QED) is 0.802. The molecule has 0 saturated carbocycles. The Morgan fingerprint density at radius 3 is 2.93 bits per heavy atom. The number of aliphatic carboxylic acids is 1. The molecule has 1 N–H and O–H groups in total. The molecule has 0 spiro atoms. The lowest BCUT2D eigenvalue weighted by Crippen LogP contribution is -2.09. The molecule has 1 aliphatic rings. The highest BCUT2D eigenvalue weighted by Crippen LogP contribution is 2.31. The highest BCUT2D eigenvalue weighted by molar-refractivity contribution is 5.86. The molecule has 0 saturated heterocycles. The summed E-state index contributed by atoms with van der Waals surface area (Å²) in [7, 11) is 0. The third-order valence-corrected chi connectivity index (χ3v) is 2.84. The molecule has 1 aromatic heterocycles. The number of carboxylic acid groups (broad SMARTS) is 1. The van der Waals surface area contributed by atoms with Crippen LogP contribution in [0.25, 0.3) is 0 Å². The van der Waals surface area contributed by atoms with Crippen LogP contribution in [0, 0.1) is 0 Å². The Bertz CT molecular complexity index is 384. The topological polar surface area (TPSA) is 50.2 Å². The predicted octanol–water partition coefficient (Wildman–Crippen LogP) is 2.36. The van der Waals surface area contributed by atoms with E-state index in [2.05, 4.69) is 11.1 Å². The molecule has 15 heavy (non-hydrogen) atoms. The molecule has 1 unspecified atom stereocenters. The van der Waals surface area contributed by atoms with Crippen LogP contribution in [0.3, 0.4) is 0 Å². The molecule has 3 heteroatoms. The largest absolute Gasteiger partial charge is 0.478 e. The second kappa shape index (κ2) is 4.26. The van der Waals surface area contributed by atoms with E-state index in [1.807, 2.05) is 18.3 Å². The number of aromatic nitrogens is 1. The summed E-state index contributed by atoms with van der Waals surface area (Å²) in [5, 5.41) is 8.81. The van der Waals surface area contributed by atoms with E-state index in [4.69, 9.17) is 5.11 Å². The van der Waals surface area contributed by atoms with Gasteiger partial charge in [0, 0.05) is 18.0 Å². The van der Waals surface area contributed by atoms with Gasteiger partial charge in [-0.25, -0.2) is 4.79 Å². The average molecular weight is 203 g/mol. The van der Waals surface area contributed by atoms with Crippen molar-refractivity contribution < 1.29 is 9.90 Å². The second-order valence-corrected chi connectivity index (χ2v) is 3.79. The smallest absolute Gasteiger partial charge is 0.331 e. The maximum atomic E-state index is 10.7. The van der Waals surface area contributed by atoms with E-state index in [0.29, 0.717) is 17.9 Å². The minimum absolute atomic E-state index is 0.432. The van der Waals surface area contributed by atoms with E-state index in [0.717, 1.165) is 12.8 Å². The first-order chi connectivity index (χ1) is 7.27. The third kappa shape index (κ3) is 2.24. The Morgan fingerprint density at radius 1 is 1.53 bits per heavy atom. The van der Waals surface area contributed by atoms with Crippen LogP contribution in [-0.4, -0.2) is 16.1 Å². The van der Waals surface area contributed by atoms with Gasteiger partial charge in [0.2, 0.25) is 0 Å². The van der Waals surface area contributed by atoms with E-state index < -0.39 is 5.97 Å². The van der Waals surface area contributed by atoms with Gasteiger partial charge in [0.25, 0.3) is 0 Å². The standard InChI is InChI=1S/C12H13NO2/c14-12(15)10-5-3-9(4-6-10)11-2-1-7-13-8-11/h1-2,5,7-9H,3-4,6H2,(H,14,15). The Balaban J connectivity index is 2.09. The molecule has 0 aliphatic heterocycles. The molecule has 1 aromatic rings. The zero-order chi connectivity index (χ0) is 10.7. The van der Waals surface area contributed by atoms with Gasteiger partial charge in [-0.05, 0) is 36.8 Å². The number of nitrogens with zero attached hydrogens (tertiary/aromatic N) is 1. The molecule has 0 amide bonds. The first-order valence-corrected chi connectivity index (χ1v) is 5.09. The zero-order valence-electron chi connectivity index (χ0n) is 8.39. The molecular weight excluding hydrogens is 190 g/mol. The summed E-state index contributed by atoms with van der Waals surface area (Å²) in [4.78, 5) is 14.8. The maximum absolute atomic E-state index is 10.7. The molecule has 0 bridgehead atoms. The van der Waals surface area contributed by atoms with Gasteiger partial charge in [0.05, 0.1) is 0 Å². The second-order valence-electron chi connectivity index (χ2n) is 3.79. The van der Waals surface area contributed by atoms with Crippen molar-refractivity contribution in [1.82, 2.24) is 4.98 Å². The molecular formula is C12H13NO2. The van der Waals surface area contributed by atoms with Gasteiger partial charge >= 0.3 is 5.97 Å². The van der Waals surface area contributed by atoms with Crippen LogP contribution >= 0.6 is 0 Å². The average Bonchev–Trinajstić information content (AvgIpc) is 2.30. The summed E-state index contributed by atoms with van der Waals surface area (Å²) in [6.45, 7) is 0. The van der Waals surface area contributed by atoms with Gasteiger partial charge in [-0.2, -0.15) is 0 Å². The number of hydrogen-bond acceptors (Lipinski definition) is 2. The van der Waals surface area contributed by atoms with Crippen LogP contribution in [-0.2, 0) is 4.79 Å². The SMILES string of the molecule is O=C(O)C1=CCC(c2cccnc2)CC1. The molecule has 0 fully saturated rings. The Hall–Kier alpha value is -1.64. The highest BCUT2D eigenvalue weighted by Gasteiger charge is 2.19. The third-order valence-electron chi connectivity index (χ3n) is 2.84. The molecule has 1 aliphatic carbocycles. The summed E-state index contributed by atoms with van der Waals surface area (Å²) in [6, 6.07) is 3.98. The number of carbonyl (C=O) groups is 1. The van der Waals surface area contributed by atoms with Crippen molar-refractivity contribution in [3.8, 4) is 0 Å². The van der Waals surface area contributed by atoms with Gasteiger partial charge in [0.15, 0.2) is 0 Å². The lowest BCUT2D eigenvalue weighted by molar-refractivity contribution is -0.132. The fraction of sp³-hybridized carbons (Fsp3) is 0.333. The molecule has 3 nitrogen and oxygen atoms in total. The molecule has 1 atom stereocenters. The molecule has 1 heterocycles. The predicted molar refractivity (Wildman–Crippen MR) is 56.5 cm³/mol. The summed E-state index contributed by atoms with van der Waals surface area (Å²) < 4.78 is 0. The number of pyridine rings is 1. The number of rotatable bonds is 2. The van der Waals surface area contributed by atoms with E-state index in [9.17, 15) is 4.79 Å². The summed E-state index contributed by atoms with van der Waals surface area (Å²) in [5.41, 5.74) is 1.76. The van der Waals surface area contributed by atoms with Crippen molar-refractivity contribution in [2.75, 3.05) is 0 Å². The molecule has 0 aromatic carbocycles. The van der Waals surface area contributed by atoms with Crippen LogP contribution in [0.4, 0.5) is 0 Å². The normalized spacial score (nSPS) is 20.8. The van der Waals surface area contributed by atoms with E-state index in [1.54, 1.807) is 6.20 Å².